The van der Waals surface area contributed by atoms with Gasteiger partial charge in [-0.1, -0.05) is 22.0 Å². The normalized spacial score (nSPS) is 11.3. The molecule has 0 saturated carbocycles. The second-order valence-corrected chi connectivity index (χ2v) is 7.92. The van der Waals surface area contributed by atoms with Crippen molar-refractivity contribution >= 4 is 43.5 Å². The lowest BCUT2D eigenvalue weighted by molar-refractivity contribution is 0.0695. The number of aromatic nitrogens is 1. The molecule has 0 atom stereocenters. The molecule has 0 radical (unpaired) electrons. The first-order valence-electron chi connectivity index (χ1n) is 6.47. The molecular weight excluding hydrogens is 420 g/mol. The van der Waals surface area contributed by atoms with Crippen LogP contribution in [0.3, 0.4) is 0 Å². The largest absolute Gasteiger partial charge is 0.478 e. The molecule has 0 saturated heterocycles. The molecule has 1 heterocycles. The van der Waals surface area contributed by atoms with Gasteiger partial charge in [0.1, 0.15) is 16.9 Å². The van der Waals surface area contributed by atoms with E-state index in [0.717, 1.165) is 6.26 Å². The first-order chi connectivity index (χ1) is 11.4. The van der Waals surface area contributed by atoms with Gasteiger partial charge in [0.25, 0.3) is 5.56 Å². The molecule has 0 amide bonds. The maximum absolute atomic E-state index is 12.1. The number of sulfone groups is 1. The summed E-state index contributed by atoms with van der Waals surface area (Å²) in [6.07, 6.45) is 0.871. The molecule has 5 N–H and O–H groups in total. The fraction of sp³-hybridized carbons (Fsp3) is 0.0714. The van der Waals surface area contributed by atoms with Crippen molar-refractivity contribution in [1.82, 2.24) is 4.98 Å². The third kappa shape index (κ3) is 3.42. The molecule has 0 spiro atoms. The Morgan fingerprint density at radius 3 is 2.20 bits per heavy atom. The van der Waals surface area contributed by atoms with Gasteiger partial charge in [-0.25, -0.2) is 18.0 Å². The number of nitrogen functional groups attached to an aromatic ring is 1. The fourth-order valence-electron chi connectivity index (χ4n) is 2.33. The van der Waals surface area contributed by atoms with Crippen molar-refractivity contribution in [3.05, 3.63) is 44.2 Å². The molecule has 1 aromatic carbocycles. The van der Waals surface area contributed by atoms with Crippen LogP contribution in [0.1, 0.15) is 20.7 Å². The minimum absolute atomic E-state index is 0.252. The van der Waals surface area contributed by atoms with Crippen molar-refractivity contribution in [1.29, 1.82) is 0 Å². The summed E-state index contributed by atoms with van der Waals surface area (Å²) in [5.74, 6) is -3.92. The number of nitrogens with one attached hydrogen (secondary N) is 1. The van der Waals surface area contributed by atoms with Crippen LogP contribution in [0, 0.1) is 0 Å². The van der Waals surface area contributed by atoms with Crippen LogP contribution in [0.2, 0.25) is 0 Å². The van der Waals surface area contributed by atoms with Crippen LogP contribution in [0.25, 0.3) is 11.1 Å². The van der Waals surface area contributed by atoms with Gasteiger partial charge >= 0.3 is 11.9 Å². The number of carboxylic acids is 2. The number of hydrogen-bond donors (Lipinski definition) is 4. The van der Waals surface area contributed by atoms with Crippen molar-refractivity contribution in [3.8, 4) is 11.1 Å². The van der Waals surface area contributed by atoms with Gasteiger partial charge in [-0.2, -0.15) is 0 Å². The Kier molecular flexibility index (Phi) is 4.73. The summed E-state index contributed by atoms with van der Waals surface area (Å²) < 4.78 is 24.5. The highest BCUT2D eigenvalue weighted by Crippen LogP contribution is 2.35. The number of benzene rings is 1. The Bertz CT molecular complexity index is 1070. The number of anilines is 1. The van der Waals surface area contributed by atoms with Gasteiger partial charge in [0.05, 0.1) is 4.90 Å². The molecule has 0 unspecified atom stereocenters. The standard InChI is InChI=1S/C14H11BrN2O7S/c1-25(23,24)7-4-5(15)2-3-6(7)8-9(13(19)20)11(16)17-12(18)10(8)14(21)22/h2-4H,1H3,(H,19,20)(H,21,22)(H3,16,17,18). The molecule has 25 heavy (non-hydrogen) atoms. The van der Waals surface area contributed by atoms with Crippen LogP contribution < -0.4 is 11.3 Å². The first kappa shape index (κ1) is 18.7. The molecule has 2 rings (SSSR count). The SMILES string of the molecule is CS(=O)(=O)c1cc(Br)ccc1-c1c(C(=O)O)c(N)[nH]c(=O)c1C(=O)O. The van der Waals surface area contributed by atoms with Crippen LogP contribution in [0.15, 0.2) is 32.4 Å². The Morgan fingerprint density at radius 2 is 1.72 bits per heavy atom. The summed E-state index contributed by atoms with van der Waals surface area (Å²) in [6.45, 7) is 0. The fourth-order valence-corrected chi connectivity index (χ4v) is 3.75. The van der Waals surface area contributed by atoms with Gasteiger partial charge in [0, 0.05) is 21.9 Å². The Labute approximate surface area is 149 Å². The van der Waals surface area contributed by atoms with Gasteiger partial charge in [-0.3, -0.25) is 4.79 Å². The van der Waals surface area contributed by atoms with E-state index in [2.05, 4.69) is 15.9 Å². The van der Waals surface area contributed by atoms with Crippen LogP contribution in [-0.4, -0.2) is 41.8 Å². The van der Waals surface area contributed by atoms with Gasteiger partial charge < -0.3 is 20.9 Å². The Balaban J connectivity index is 3.15. The van der Waals surface area contributed by atoms with E-state index < -0.39 is 49.8 Å². The van der Waals surface area contributed by atoms with Gasteiger partial charge in [0.15, 0.2) is 9.84 Å². The number of carboxylic acid groups (broad SMARTS) is 2. The number of aromatic amines is 1. The maximum Gasteiger partial charge on any atom is 0.342 e. The summed E-state index contributed by atoms with van der Waals surface area (Å²) in [5.41, 5.74) is 1.94. The van der Waals surface area contributed by atoms with E-state index in [0.29, 0.717) is 4.47 Å². The highest BCUT2D eigenvalue weighted by Gasteiger charge is 2.29. The highest BCUT2D eigenvalue weighted by atomic mass is 79.9. The molecule has 2 aromatic rings. The van der Waals surface area contributed by atoms with E-state index in [4.69, 9.17) is 5.73 Å². The number of hydrogen-bond acceptors (Lipinski definition) is 6. The third-order valence-electron chi connectivity index (χ3n) is 3.28. The number of pyridine rings is 1. The predicted octanol–water partition coefficient (Wildman–Crippen LogP) is 1.19. The summed E-state index contributed by atoms with van der Waals surface area (Å²) in [4.78, 5) is 36.7. The third-order valence-corrected chi connectivity index (χ3v) is 4.91. The second kappa shape index (κ2) is 6.33. The van der Waals surface area contributed by atoms with Crippen molar-refractivity contribution in [2.75, 3.05) is 12.0 Å². The zero-order valence-electron chi connectivity index (χ0n) is 12.5. The van der Waals surface area contributed by atoms with Crippen molar-refractivity contribution in [2.45, 2.75) is 4.90 Å². The summed E-state index contributed by atoms with van der Waals surface area (Å²) in [5, 5.41) is 18.7. The highest BCUT2D eigenvalue weighted by molar-refractivity contribution is 9.10. The molecule has 0 fully saturated rings. The molecule has 9 nitrogen and oxygen atoms in total. The number of rotatable bonds is 4. The summed E-state index contributed by atoms with van der Waals surface area (Å²) in [7, 11) is -3.88. The summed E-state index contributed by atoms with van der Waals surface area (Å²) >= 11 is 3.10. The minimum atomic E-state index is -3.88. The number of nitrogens with two attached hydrogens (primary N) is 1. The maximum atomic E-state index is 12.1. The molecule has 132 valence electrons. The van der Waals surface area contributed by atoms with E-state index in [1.54, 1.807) is 0 Å². The predicted molar refractivity (Wildman–Crippen MR) is 91.6 cm³/mol. The molecule has 0 aliphatic heterocycles. The molecule has 0 aliphatic carbocycles. The van der Waals surface area contributed by atoms with E-state index in [-0.39, 0.29) is 10.5 Å². The Morgan fingerprint density at radius 1 is 1.16 bits per heavy atom. The van der Waals surface area contributed by atoms with E-state index in [1.807, 2.05) is 4.98 Å². The van der Waals surface area contributed by atoms with Crippen molar-refractivity contribution in [2.24, 2.45) is 0 Å². The van der Waals surface area contributed by atoms with Crippen LogP contribution in [-0.2, 0) is 9.84 Å². The summed E-state index contributed by atoms with van der Waals surface area (Å²) in [6, 6.07) is 3.77. The average molecular weight is 431 g/mol. The molecule has 1 aromatic heterocycles. The lowest BCUT2D eigenvalue weighted by Gasteiger charge is -2.15. The zero-order valence-corrected chi connectivity index (χ0v) is 14.9. The lowest BCUT2D eigenvalue weighted by atomic mass is 9.95. The smallest absolute Gasteiger partial charge is 0.342 e. The van der Waals surface area contributed by atoms with Gasteiger partial charge in [-0.05, 0) is 12.1 Å². The van der Waals surface area contributed by atoms with Crippen LogP contribution >= 0.6 is 15.9 Å². The number of H-pyrrole nitrogens is 1. The molecular formula is C14H11BrN2O7S. The van der Waals surface area contributed by atoms with Gasteiger partial charge in [0.2, 0.25) is 0 Å². The van der Waals surface area contributed by atoms with Crippen molar-refractivity contribution in [3.63, 3.8) is 0 Å². The van der Waals surface area contributed by atoms with Crippen LogP contribution in [0.4, 0.5) is 5.82 Å². The zero-order chi connectivity index (χ0) is 19.1. The van der Waals surface area contributed by atoms with E-state index in [9.17, 15) is 33.0 Å². The van der Waals surface area contributed by atoms with E-state index in [1.165, 1.54) is 18.2 Å². The number of aromatic carboxylic acids is 2. The minimum Gasteiger partial charge on any atom is -0.478 e. The second-order valence-electron chi connectivity index (χ2n) is 5.02. The monoisotopic (exact) mass is 430 g/mol. The number of halogens is 1. The Hall–Kier alpha value is -2.66. The number of carbonyl (C=O) groups is 2. The quantitative estimate of drug-likeness (QED) is 0.560. The van der Waals surface area contributed by atoms with Crippen molar-refractivity contribution < 1.29 is 28.2 Å². The lowest BCUT2D eigenvalue weighted by Crippen LogP contribution is -2.24. The van der Waals surface area contributed by atoms with Gasteiger partial charge in [-0.15, -0.1) is 0 Å². The molecule has 11 heteroatoms. The topological polar surface area (TPSA) is 168 Å². The average Bonchev–Trinajstić information content (AvgIpc) is 2.44. The molecule has 0 aliphatic rings. The van der Waals surface area contributed by atoms with E-state index >= 15 is 0 Å². The first-order valence-corrected chi connectivity index (χ1v) is 9.16. The van der Waals surface area contributed by atoms with Crippen LogP contribution in [0.5, 0.6) is 0 Å². The molecule has 0 bridgehead atoms.